The van der Waals surface area contributed by atoms with Crippen LogP contribution in [0.1, 0.15) is 22.5 Å². The summed E-state index contributed by atoms with van der Waals surface area (Å²) in [5.41, 5.74) is 3.88. The Bertz CT molecular complexity index is 1280. The number of sulfonamides is 1. The number of non-ortho nitro benzene ring substituents is 1. The number of aromatic nitrogens is 2. The number of nitro benzene ring substituents is 1. The zero-order chi connectivity index (χ0) is 23.5. The fraction of sp³-hybridized carbons (Fsp3) is 0.190. The van der Waals surface area contributed by atoms with Crippen molar-refractivity contribution in [3.05, 3.63) is 81.2 Å². The third-order valence-electron chi connectivity index (χ3n) is 4.54. The number of guanidine groups is 1. The maximum Gasteiger partial charge on any atom is 0.285 e. The van der Waals surface area contributed by atoms with Gasteiger partial charge in [-0.2, -0.15) is 8.42 Å². The lowest BCUT2D eigenvalue weighted by molar-refractivity contribution is -0.384. The number of anilines is 2. The molecule has 0 aliphatic carbocycles. The van der Waals surface area contributed by atoms with Crippen molar-refractivity contribution >= 4 is 33.3 Å². The van der Waals surface area contributed by atoms with Crippen LogP contribution in [0, 0.1) is 37.8 Å². The molecule has 32 heavy (non-hydrogen) atoms. The molecule has 0 fully saturated rings. The number of nitrogens with zero attached hydrogens (tertiary/aromatic N) is 4. The molecule has 0 spiro atoms. The maximum atomic E-state index is 12.9. The third-order valence-corrected chi connectivity index (χ3v) is 5.83. The molecule has 0 saturated heterocycles. The molecule has 2 aromatic carbocycles. The van der Waals surface area contributed by atoms with E-state index >= 15 is 0 Å². The van der Waals surface area contributed by atoms with Crippen molar-refractivity contribution in [3.63, 3.8) is 0 Å². The van der Waals surface area contributed by atoms with Crippen LogP contribution in [-0.4, -0.2) is 29.3 Å². The molecule has 0 aliphatic heterocycles. The highest BCUT2D eigenvalue weighted by Crippen LogP contribution is 2.19. The molecular formula is C21H22N6O4S. The molecule has 0 radical (unpaired) electrons. The van der Waals surface area contributed by atoms with Crippen LogP contribution < -0.4 is 10.6 Å². The lowest BCUT2D eigenvalue weighted by Gasteiger charge is -2.13. The molecule has 166 valence electrons. The van der Waals surface area contributed by atoms with Crippen molar-refractivity contribution in [1.29, 1.82) is 0 Å². The Hall–Kier alpha value is -3.86. The number of benzene rings is 2. The SMILES string of the molecule is Cc1cc(C)nc(N/C(=N/S(=O)(=O)c2ccc([N+](=O)[O-])cc2)Nc2ccc(C)c(C)c2)n1. The largest absolute Gasteiger partial charge is 0.325 e. The Morgan fingerprint density at radius 1 is 0.906 bits per heavy atom. The summed E-state index contributed by atoms with van der Waals surface area (Å²) >= 11 is 0. The lowest BCUT2D eigenvalue weighted by atomic mass is 10.1. The van der Waals surface area contributed by atoms with E-state index in [0.29, 0.717) is 17.1 Å². The third kappa shape index (κ3) is 5.64. The topological polar surface area (TPSA) is 139 Å². The summed E-state index contributed by atoms with van der Waals surface area (Å²) in [6.07, 6.45) is 0. The average Bonchev–Trinajstić information content (AvgIpc) is 2.69. The van der Waals surface area contributed by atoms with E-state index in [1.165, 1.54) is 0 Å². The minimum Gasteiger partial charge on any atom is -0.325 e. The van der Waals surface area contributed by atoms with Crippen molar-refractivity contribution in [1.82, 2.24) is 9.97 Å². The normalized spacial score (nSPS) is 11.8. The van der Waals surface area contributed by atoms with Crippen LogP contribution in [0.25, 0.3) is 0 Å². The first kappa shape index (κ1) is 22.8. The van der Waals surface area contributed by atoms with Crippen LogP contribution in [-0.2, 0) is 10.0 Å². The van der Waals surface area contributed by atoms with Gasteiger partial charge in [-0.3, -0.25) is 15.4 Å². The molecule has 1 aromatic heterocycles. The number of nitro groups is 1. The minimum atomic E-state index is -4.20. The standard InChI is InChI=1S/C21H22N6O4S/c1-13-5-6-17(11-14(13)2)24-21(25-20-22-15(3)12-16(4)23-20)26-32(30,31)19-9-7-18(8-10-19)27(28)29/h5-12H,1-4H3,(H2,22,23,24,25,26). The highest BCUT2D eigenvalue weighted by Gasteiger charge is 2.18. The summed E-state index contributed by atoms with van der Waals surface area (Å²) in [5, 5.41) is 16.6. The van der Waals surface area contributed by atoms with Gasteiger partial charge in [0, 0.05) is 29.2 Å². The van der Waals surface area contributed by atoms with Gasteiger partial charge in [0.05, 0.1) is 9.82 Å². The van der Waals surface area contributed by atoms with Crippen LogP contribution >= 0.6 is 0 Å². The summed E-state index contributed by atoms with van der Waals surface area (Å²) < 4.78 is 29.6. The highest BCUT2D eigenvalue weighted by molar-refractivity contribution is 7.90. The zero-order valence-electron chi connectivity index (χ0n) is 17.9. The first-order valence-electron chi connectivity index (χ1n) is 9.56. The smallest absolute Gasteiger partial charge is 0.285 e. The molecule has 3 aromatic rings. The molecule has 1 heterocycles. The second-order valence-electron chi connectivity index (χ2n) is 7.19. The molecule has 0 amide bonds. The number of hydrogen-bond donors (Lipinski definition) is 2. The monoisotopic (exact) mass is 454 g/mol. The minimum absolute atomic E-state index is 0.114. The molecule has 3 rings (SSSR count). The predicted octanol–water partition coefficient (Wildman–Crippen LogP) is 3.89. The van der Waals surface area contributed by atoms with Gasteiger partial charge in [0.25, 0.3) is 15.7 Å². The average molecular weight is 455 g/mol. The highest BCUT2D eigenvalue weighted by atomic mass is 32.2. The number of rotatable bonds is 5. The first-order chi connectivity index (χ1) is 15.0. The van der Waals surface area contributed by atoms with Crippen molar-refractivity contribution in [2.75, 3.05) is 10.6 Å². The molecule has 0 bridgehead atoms. The predicted molar refractivity (Wildman–Crippen MR) is 122 cm³/mol. The quantitative estimate of drug-likeness (QED) is 0.256. The van der Waals surface area contributed by atoms with E-state index in [1.54, 1.807) is 26.0 Å². The van der Waals surface area contributed by atoms with Crippen molar-refractivity contribution in [2.24, 2.45) is 4.40 Å². The number of nitrogens with one attached hydrogen (secondary N) is 2. The summed E-state index contributed by atoms with van der Waals surface area (Å²) in [7, 11) is -4.20. The Morgan fingerprint density at radius 2 is 1.53 bits per heavy atom. The van der Waals surface area contributed by atoms with Gasteiger partial charge in [-0.25, -0.2) is 9.97 Å². The van der Waals surface area contributed by atoms with Crippen molar-refractivity contribution < 1.29 is 13.3 Å². The number of hydrogen-bond acceptors (Lipinski definition) is 6. The molecule has 0 aliphatic rings. The fourth-order valence-electron chi connectivity index (χ4n) is 2.83. The van der Waals surface area contributed by atoms with Gasteiger partial charge in [0.1, 0.15) is 0 Å². The Kier molecular flexibility index (Phi) is 6.49. The van der Waals surface area contributed by atoms with Gasteiger partial charge >= 0.3 is 0 Å². The molecule has 0 saturated carbocycles. The van der Waals surface area contributed by atoms with E-state index < -0.39 is 14.9 Å². The van der Waals surface area contributed by atoms with Crippen LogP contribution in [0.15, 0.2) is 57.8 Å². The molecule has 11 heteroatoms. The molecule has 10 nitrogen and oxygen atoms in total. The summed E-state index contributed by atoms with van der Waals surface area (Å²) in [5.74, 6) is 0.0630. The number of aryl methyl sites for hydroxylation is 4. The lowest BCUT2D eigenvalue weighted by Crippen LogP contribution is -2.25. The van der Waals surface area contributed by atoms with Crippen LogP contribution in [0.2, 0.25) is 0 Å². The summed E-state index contributed by atoms with van der Waals surface area (Å²) in [6, 6.07) is 11.8. The van der Waals surface area contributed by atoms with E-state index in [1.807, 2.05) is 26.0 Å². The van der Waals surface area contributed by atoms with Gasteiger partial charge in [-0.05, 0) is 69.2 Å². The second kappa shape index (κ2) is 9.10. The van der Waals surface area contributed by atoms with Gasteiger partial charge in [0.2, 0.25) is 11.9 Å². The van der Waals surface area contributed by atoms with E-state index in [9.17, 15) is 18.5 Å². The van der Waals surface area contributed by atoms with E-state index in [0.717, 1.165) is 35.4 Å². The van der Waals surface area contributed by atoms with Gasteiger partial charge in [0.15, 0.2) is 0 Å². The van der Waals surface area contributed by atoms with Gasteiger partial charge in [-0.15, -0.1) is 4.40 Å². The summed E-state index contributed by atoms with van der Waals surface area (Å²) in [4.78, 5) is 18.6. The molecule has 0 unspecified atom stereocenters. The first-order valence-corrected chi connectivity index (χ1v) is 11.0. The van der Waals surface area contributed by atoms with E-state index in [4.69, 9.17) is 0 Å². The molecule has 0 atom stereocenters. The Labute approximate surface area is 185 Å². The summed E-state index contributed by atoms with van der Waals surface area (Å²) in [6.45, 7) is 7.49. The zero-order valence-corrected chi connectivity index (χ0v) is 18.8. The van der Waals surface area contributed by atoms with Crippen LogP contribution in [0.4, 0.5) is 17.3 Å². The molecule has 2 N–H and O–H groups in total. The van der Waals surface area contributed by atoms with Gasteiger partial charge < -0.3 is 5.32 Å². The molecular weight excluding hydrogens is 432 g/mol. The van der Waals surface area contributed by atoms with Crippen LogP contribution in [0.3, 0.4) is 0 Å². The van der Waals surface area contributed by atoms with Crippen molar-refractivity contribution in [2.45, 2.75) is 32.6 Å². The Morgan fingerprint density at radius 3 is 2.09 bits per heavy atom. The van der Waals surface area contributed by atoms with E-state index in [-0.39, 0.29) is 22.5 Å². The van der Waals surface area contributed by atoms with Gasteiger partial charge in [-0.1, -0.05) is 6.07 Å². The van der Waals surface area contributed by atoms with E-state index in [2.05, 4.69) is 25.0 Å². The fourth-order valence-corrected chi connectivity index (χ4v) is 3.75. The Balaban J connectivity index is 2.01. The second-order valence-corrected chi connectivity index (χ2v) is 8.79. The van der Waals surface area contributed by atoms with Crippen molar-refractivity contribution in [3.8, 4) is 0 Å². The maximum absolute atomic E-state index is 12.9. The van der Waals surface area contributed by atoms with Crippen LogP contribution in [0.5, 0.6) is 0 Å².